The molecule has 0 unspecified atom stereocenters. The number of pyridine rings is 1. The molecule has 1 aliphatic rings. The van der Waals surface area contributed by atoms with Crippen LogP contribution in [0.15, 0.2) is 42.7 Å². The van der Waals surface area contributed by atoms with Gasteiger partial charge in [0.25, 0.3) is 11.8 Å². The van der Waals surface area contributed by atoms with Crippen LogP contribution >= 0.6 is 11.3 Å². The number of halogens is 1. The molecule has 1 fully saturated rings. The number of aromatic nitrogens is 2. The summed E-state index contributed by atoms with van der Waals surface area (Å²) < 4.78 is 14.3. The third-order valence-electron chi connectivity index (χ3n) is 5.38. The van der Waals surface area contributed by atoms with Crippen LogP contribution in [0.25, 0.3) is 0 Å². The van der Waals surface area contributed by atoms with E-state index < -0.39 is 5.54 Å². The first kappa shape index (κ1) is 24.7. The SMILES string of the molecule is CC(C)(N)CNC(=O)c1ccc(Nc2ncc(CCc3cc(C(=O)NC4CC4)ccc3F)s2)nc1. The molecule has 4 rings (SSSR count). The second-order valence-electron chi connectivity index (χ2n) is 9.41. The predicted octanol–water partition coefficient (Wildman–Crippen LogP) is 3.57. The number of anilines is 2. The van der Waals surface area contributed by atoms with Crippen LogP contribution in [0.1, 0.15) is 57.8 Å². The molecular formula is C25H29FN6O2S. The standard InChI is InChI=1S/C25H29FN6O2S/c1-25(2,27)14-30-22(33)17-5-10-21(28-12-17)32-24-29-13-19(35-24)8-3-15-11-16(4-9-20(15)26)23(34)31-18-6-7-18/h4-5,9-13,18H,3,6-8,14,27H2,1-2H3,(H,30,33)(H,31,34)(H,28,29,32). The molecule has 0 bridgehead atoms. The zero-order valence-corrected chi connectivity index (χ0v) is 20.5. The number of carbonyl (C=O) groups is 2. The average Bonchev–Trinajstić information content (AvgIpc) is 3.52. The molecule has 184 valence electrons. The van der Waals surface area contributed by atoms with Crippen molar-refractivity contribution in [2.24, 2.45) is 5.73 Å². The van der Waals surface area contributed by atoms with Crippen LogP contribution < -0.4 is 21.7 Å². The lowest BCUT2D eigenvalue weighted by molar-refractivity contribution is 0.0940. The minimum atomic E-state index is -0.494. The fourth-order valence-corrected chi connectivity index (χ4v) is 4.08. The molecular weight excluding hydrogens is 467 g/mol. The van der Waals surface area contributed by atoms with Crippen molar-refractivity contribution in [2.75, 3.05) is 11.9 Å². The highest BCUT2D eigenvalue weighted by molar-refractivity contribution is 7.15. The van der Waals surface area contributed by atoms with Gasteiger partial charge in [0.2, 0.25) is 0 Å². The van der Waals surface area contributed by atoms with E-state index in [0.717, 1.165) is 17.7 Å². The Labute approximate surface area is 207 Å². The maximum Gasteiger partial charge on any atom is 0.252 e. The Morgan fingerprint density at radius 2 is 1.86 bits per heavy atom. The zero-order valence-electron chi connectivity index (χ0n) is 19.7. The van der Waals surface area contributed by atoms with E-state index in [-0.39, 0.29) is 23.7 Å². The molecule has 0 spiro atoms. The number of nitrogens with zero attached hydrogens (tertiary/aromatic N) is 2. The highest BCUT2D eigenvalue weighted by atomic mass is 32.1. The van der Waals surface area contributed by atoms with E-state index in [1.807, 2.05) is 13.8 Å². The second kappa shape index (κ2) is 10.5. The lowest BCUT2D eigenvalue weighted by atomic mass is 10.0. The minimum Gasteiger partial charge on any atom is -0.350 e. The van der Waals surface area contributed by atoms with Crippen LogP contribution in [0, 0.1) is 5.82 Å². The summed E-state index contributed by atoms with van der Waals surface area (Å²) in [5.41, 5.74) is 6.82. The zero-order chi connectivity index (χ0) is 25.0. The van der Waals surface area contributed by atoms with Crippen LogP contribution in [0.5, 0.6) is 0 Å². The van der Waals surface area contributed by atoms with E-state index in [9.17, 15) is 14.0 Å². The Kier molecular flexibility index (Phi) is 7.42. The number of amides is 2. The van der Waals surface area contributed by atoms with Gasteiger partial charge in [0, 0.05) is 41.0 Å². The van der Waals surface area contributed by atoms with Crippen molar-refractivity contribution in [3.05, 3.63) is 70.1 Å². The Morgan fingerprint density at radius 3 is 2.54 bits per heavy atom. The van der Waals surface area contributed by atoms with Crippen molar-refractivity contribution < 1.29 is 14.0 Å². The molecule has 2 amide bonds. The van der Waals surface area contributed by atoms with Gasteiger partial charge in [0.05, 0.1) is 5.56 Å². The highest BCUT2D eigenvalue weighted by Crippen LogP contribution is 2.24. The fourth-order valence-electron chi connectivity index (χ4n) is 3.26. The molecule has 8 nitrogen and oxygen atoms in total. The van der Waals surface area contributed by atoms with E-state index in [1.54, 1.807) is 24.4 Å². The largest absolute Gasteiger partial charge is 0.350 e. The normalized spacial score (nSPS) is 13.4. The molecule has 3 aromatic rings. The topological polar surface area (TPSA) is 122 Å². The van der Waals surface area contributed by atoms with Crippen LogP contribution in [0.2, 0.25) is 0 Å². The Bertz CT molecular complexity index is 1200. The number of hydrogen-bond donors (Lipinski definition) is 4. The van der Waals surface area contributed by atoms with Gasteiger partial charge in [-0.25, -0.2) is 14.4 Å². The Balaban J connectivity index is 1.31. The summed E-state index contributed by atoms with van der Waals surface area (Å²) in [5.74, 6) is -0.154. The summed E-state index contributed by atoms with van der Waals surface area (Å²) in [7, 11) is 0. The van der Waals surface area contributed by atoms with Crippen molar-refractivity contribution in [1.82, 2.24) is 20.6 Å². The molecule has 0 radical (unpaired) electrons. The van der Waals surface area contributed by atoms with Crippen molar-refractivity contribution in [1.29, 1.82) is 0 Å². The average molecular weight is 497 g/mol. The number of benzene rings is 1. The number of thiazole rings is 1. The number of aryl methyl sites for hydroxylation is 2. The first-order valence-corrected chi connectivity index (χ1v) is 12.3. The molecule has 0 atom stereocenters. The third kappa shape index (κ3) is 7.30. The number of rotatable bonds is 10. The molecule has 0 saturated heterocycles. The number of hydrogen-bond acceptors (Lipinski definition) is 7. The van der Waals surface area contributed by atoms with Gasteiger partial charge in [-0.05, 0) is 75.4 Å². The van der Waals surface area contributed by atoms with Gasteiger partial charge in [0.15, 0.2) is 5.13 Å². The summed E-state index contributed by atoms with van der Waals surface area (Å²) >= 11 is 1.44. The highest BCUT2D eigenvalue weighted by Gasteiger charge is 2.24. The maximum atomic E-state index is 14.3. The minimum absolute atomic E-state index is 0.155. The molecule has 35 heavy (non-hydrogen) atoms. The Hall–Kier alpha value is -3.37. The van der Waals surface area contributed by atoms with Gasteiger partial charge in [-0.3, -0.25) is 9.59 Å². The lowest BCUT2D eigenvalue weighted by Gasteiger charge is -2.18. The van der Waals surface area contributed by atoms with Crippen LogP contribution in [-0.4, -0.2) is 39.9 Å². The molecule has 5 N–H and O–H groups in total. The van der Waals surface area contributed by atoms with Gasteiger partial charge in [-0.15, -0.1) is 11.3 Å². The van der Waals surface area contributed by atoms with Gasteiger partial charge in [0.1, 0.15) is 11.6 Å². The molecule has 0 aliphatic heterocycles. The number of carbonyl (C=O) groups excluding carboxylic acids is 2. The monoisotopic (exact) mass is 496 g/mol. The molecule has 10 heteroatoms. The third-order valence-corrected chi connectivity index (χ3v) is 6.35. The molecule has 1 aliphatic carbocycles. The molecule has 1 saturated carbocycles. The van der Waals surface area contributed by atoms with Crippen molar-refractivity contribution in [2.45, 2.75) is 51.1 Å². The molecule has 2 heterocycles. The summed E-state index contributed by atoms with van der Waals surface area (Å²) in [6, 6.07) is 8.14. The second-order valence-corrected chi connectivity index (χ2v) is 10.5. The van der Waals surface area contributed by atoms with Crippen molar-refractivity contribution in [3.63, 3.8) is 0 Å². The summed E-state index contributed by atoms with van der Waals surface area (Å²) in [5, 5.41) is 9.48. The first-order valence-electron chi connectivity index (χ1n) is 11.5. The Morgan fingerprint density at radius 1 is 1.09 bits per heavy atom. The van der Waals surface area contributed by atoms with E-state index >= 15 is 0 Å². The summed E-state index contributed by atoms with van der Waals surface area (Å²) in [6.45, 7) is 4.03. The smallest absolute Gasteiger partial charge is 0.252 e. The van der Waals surface area contributed by atoms with Crippen molar-refractivity contribution >= 4 is 34.1 Å². The number of nitrogens with two attached hydrogens (primary N) is 1. The summed E-state index contributed by atoms with van der Waals surface area (Å²) in [6.07, 6.45) is 6.29. The maximum absolute atomic E-state index is 14.3. The van der Waals surface area contributed by atoms with Crippen LogP contribution in [-0.2, 0) is 12.8 Å². The van der Waals surface area contributed by atoms with Gasteiger partial charge in [-0.2, -0.15) is 0 Å². The quantitative estimate of drug-likeness (QED) is 0.340. The fraction of sp³-hybridized carbons (Fsp3) is 0.360. The van der Waals surface area contributed by atoms with E-state index in [2.05, 4.69) is 25.9 Å². The van der Waals surface area contributed by atoms with Gasteiger partial charge in [-0.1, -0.05) is 0 Å². The summed E-state index contributed by atoms with van der Waals surface area (Å²) in [4.78, 5) is 34.1. The van der Waals surface area contributed by atoms with Gasteiger partial charge >= 0.3 is 0 Å². The molecule has 2 aromatic heterocycles. The molecule has 1 aromatic carbocycles. The predicted molar refractivity (Wildman–Crippen MR) is 135 cm³/mol. The van der Waals surface area contributed by atoms with Crippen molar-refractivity contribution in [3.8, 4) is 0 Å². The lowest BCUT2D eigenvalue weighted by Crippen LogP contribution is -2.45. The van der Waals surface area contributed by atoms with E-state index in [4.69, 9.17) is 5.73 Å². The van der Waals surface area contributed by atoms with Gasteiger partial charge < -0.3 is 21.7 Å². The van der Waals surface area contributed by atoms with E-state index in [1.165, 1.54) is 29.7 Å². The van der Waals surface area contributed by atoms with Crippen LogP contribution in [0.3, 0.4) is 0 Å². The first-order chi connectivity index (χ1) is 16.7. The van der Waals surface area contributed by atoms with E-state index in [0.29, 0.717) is 47.0 Å². The number of nitrogens with one attached hydrogen (secondary N) is 3. The van der Waals surface area contributed by atoms with Crippen LogP contribution in [0.4, 0.5) is 15.3 Å².